The van der Waals surface area contributed by atoms with Crippen LogP contribution >= 0.6 is 0 Å². The molecule has 1 amide bonds. The number of carboxylic acid groups (broad SMARTS) is 1. The summed E-state index contributed by atoms with van der Waals surface area (Å²) in [4.78, 5) is 22.7. The number of nitrogens with one attached hydrogen (secondary N) is 1. The largest absolute Gasteiger partial charge is 0.481 e. The normalized spacial score (nSPS) is 12.4. The highest BCUT2D eigenvalue weighted by Crippen LogP contribution is 2.11. The van der Waals surface area contributed by atoms with E-state index in [1.807, 2.05) is 13.8 Å². The molecule has 2 N–H and O–H groups in total. The first kappa shape index (κ1) is 14.2. The quantitative estimate of drug-likeness (QED) is 0.788. The molecule has 0 saturated carbocycles. The van der Waals surface area contributed by atoms with Crippen molar-refractivity contribution in [2.45, 2.75) is 20.3 Å². The Kier molecular flexibility index (Phi) is 4.88. The molecule has 0 bridgehead atoms. The number of hydrogen-bond acceptors (Lipinski definition) is 3. The van der Waals surface area contributed by atoms with E-state index in [2.05, 4.69) is 10.4 Å². The third-order valence-electron chi connectivity index (χ3n) is 2.58. The number of aliphatic carboxylic acids is 1. The van der Waals surface area contributed by atoms with Crippen LogP contribution in [0.4, 0.5) is 0 Å². The number of carbonyl (C=O) groups is 2. The van der Waals surface area contributed by atoms with Gasteiger partial charge in [-0.25, -0.2) is 0 Å². The van der Waals surface area contributed by atoms with E-state index in [4.69, 9.17) is 5.11 Å². The first-order chi connectivity index (χ1) is 8.40. The zero-order chi connectivity index (χ0) is 13.7. The van der Waals surface area contributed by atoms with Crippen LogP contribution in [0.15, 0.2) is 12.4 Å². The molecular formula is C12H19N3O3. The molecule has 0 saturated heterocycles. The monoisotopic (exact) mass is 253 g/mol. The molecule has 18 heavy (non-hydrogen) atoms. The highest BCUT2D eigenvalue weighted by molar-refractivity contribution is 5.93. The van der Waals surface area contributed by atoms with Crippen molar-refractivity contribution >= 4 is 11.9 Å². The Hall–Kier alpha value is -1.85. The maximum Gasteiger partial charge on any atom is 0.308 e. The van der Waals surface area contributed by atoms with Gasteiger partial charge < -0.3 is 10.4 Å². The van der Waals surface area contributed by atoms with Crippen LogP contribution in [0.1, 0.15) is 30.6 Å². The second-order valence-electron chi connectivity index (χ2n) is 4.78. The number of rotatable bonds is 6. The van der Waals surface area contributed by atoms with Crippen LogP contribution in [0, 0.1) is 11.8 Å². The standard InChI is InChI=1S/C12H19N3O3/c1-8(2)4-9(12(17)18)5-13-11(16)10-6-14-15(3)7-10/h6-9H,4-5H2,1-3H3,(H,13,16)(H,17,18). The second-order valence-corrected chi connectivity index (χ2v) is 4.78. The number of hydrogen-bond donors (Lipinski definition) is 2. The summed E-state index contributed by atoms with van der Waals surface area (Å²) in [7, 11) is 1.72. The summed E-state index contributed by atoms with van der Waals surface area (Å²) in [5.41, 5.74) is 0.436. The number of carbonyl (C=O) groups excluding carboxylic acids is 1. The molecule has 0 aliphatic heterocycles. The van der Waals surface area contributed by atoms with Gasteiger partial charge in [-0.3, -0.25) is 14.3 Å². The van der Waals surface area contributed by atoms with Crippen LogP contribution in [0.25, 0.3) is 0 Å². The summed E-state index contributed by atoms with van der Waals surface area (Å²) in [6.07, 6.45) is 3.59. The van der Waals surface area contributed by atoms with Gasteiger partial charge in [-0.2, -0.15) is 5.10 Å². The SMILES string of the molecule is CC(C)CC(CNC(=O)c1cnn(C)c1)C(=O)O. The maximum absolute atomic E-state index is 11.7. The van der Waals surface area contributed by atoms with Crippen molar-refractivity contribution in [2.75, 3.05) is 6.54 Å². The Balaban J connectivity index is 2.52. The van der Waals surface area contributed by atoms with E-state index >= 15 is 0 Å². The summed E-state index contributed by atoms with van der Waals surface area (Å²) >= 11 is 0. The third-order valence-corrected chi connectivity index (χ3v) is 2.58. The minimum Gasteiger partial charge on any atom is -0.481 e. The molecule has 1 aromatic heterocycles. The van der Waals surface area contributed by atoms with Crippen LogP contribution in [-0.4, -0.2) is 33.3 Å². The maximum atomic E-state index is 11.7. The van der Waals surface area contributed by atoms with E-state index in [1.165, 1.54) is 10.9 Å². The molecule has 0 radical (unpaired) electrons. The second kappa shape index (κ2) is 6.18. The molecule has 0 fully saturated rings. The molecule has 0 aromatic carbocycles. The number of nitrogens with zero attached hydrogens (tertiary/aromatic N) is 2. The van der Waals surface area contributed by atoms with Gasteiger partial charge in [-0.15, -0.1) is 0 Å². The zero-order valence-electron chi connectivity index (χ0n) is 10.9. The summed E-state index contributed by atoms with van der Waals surface area (Å²) in [5, 5.41) is 15.6. The average molecular weight is 253 g/mol. The minimum absolute atomic E-state index is 0.140. The van der Waals surface area contributed by atoms with Crippen molar-refractivity contribution in [3.63, 3.8) is 0 Å². The van der Waals surface area contributed by atoms with Crippen molar-refractivity contribution in [1.82, 2.24) is 15.1 Å². The van der Waals surface area contributed by atoms with E-state index in [0.29, 0.717) is 12.0 Å². The Bertz CT molecular complexity index is 426. The Morgan fingerprint density at radius 2 is 2.17 bits per heavy atom. The first-order valence-corrected chi connectivity index (χ1v) is 5.89. The minimum atomic E-state index is -0.879. The van der Waals surface area contributed by atoms with E-state index < -0.39 is 11.9 Å². The molecule has 0 aliphatic rings. The lowest BCUT2D eigenvalue weighted by Gasteiger charge is -2.14. The highest BCUT2D eigenvalue weighted by atomic mass is 16.4. The summed E-state index contributed by atoms with van der Waals surface area (Å²) in [5.74, 6) is -1.44. The average Bonchev–Trinajstić information content (AvgIpc) is 2.69. The number of carboxylic acids is 1. The van der Waals surface area contributed by atoms with E-state index in [-0.39, 0.29) is 18.4 Å². The fourth-order valence-corrected chi connectivity index (χ4v) is 1.70. The molecule has 100 valence electrons. The molecule has 1 rings (SSSR count). The van der Waals surface area contributed by atoms with Crippen LogP contribution in [-0.2, 0) is 11.8 Å². The lowest BCUT2D eigenvalue weighted by molar-refractivity contribution is -0.142. The molecule has 1 atom stereocenters. The van der Waals surface area contributed by atoms with Crippen molar-refractivity contribution in [3.05, 3.63) is 18.0 Å². The Morgan fingerprint density at radius 3 is 2.61 bits per heavy atom. The molecule has 1 heterocycles. The molecule has 1 aromatic rings. The van der Waals surface area contributed by atoms with Gasteiger partial charge in [0.15, 0.2) is 0 Å². The number of amides is 1. The van der Waals surface area contributed by atoms with Crippen LogP contribution in [0.2, 0.25) is 0 Å². The summed E-state index contributed by atoms with van der Waals surface area (Å²) < 4.78 is 1.53. The van der Waals surface area contributed by atoms with Crippen molar-refractivity contribution in [2.24, 2.45) is 18.9 Å². The summed E-state index contributed by atoms with van der Waals surface area (Å²) in [6.45, 7) is 4.05. The zero-order valence-corrected chi connectivity index (χ0v) is 10.9. The van der Waals surface area contributed by atoms with Gasteiger partial charge in [0.1, 0.15) is 0 Å². The van der Waals surface area contributed by atoms with Crippen molar-refractivity contribution < 1.29 is 14.7 Å². The van der Waals surface area contributed by atoms with Crippen LogP contribution in [0.3, 0.4) is 0 Å². The fourth-order valence-electron chi connectivity index (χ4n) is 1.70. The van der Waals surface area contributed by atoms with E-state index in [0.717, 1.165) is 0 Å². The molecule has 0 spiro atoms. The van der Waals surface area contributed by atoms with Gasteiger partial charge in [0, 0.05) is 19.8 Å². The van der Waals surface area contributed by atoms with Gasteiger partial charge in [-0.05, 0) is 12.3 Å². The van der Waals surface area contributed by atoms with Gasteiger partial charge in [-0.1, -0.05) is 13.8 Å². The van der Waals surface area contributed by atoms with Crippen LogP contribution < -0.4 is 5.32 Å². The lowest BCUT2D eigenvalue weighted by Crippen LogP contribution is -2.33. The van der Waals surface area contributed by atoms with E-state index in [9.17, 15) is 9.59 Å². The topological polar surface area (TPSA) is 84.2 Å². The highest BCUT2D eigenvalue weighted by Gasteiger charge is 2.20. The Morgan fingerprint density at radius 1 is 1.50 bits per heavy atom. The van der Waals surface area contributed by atoms with Crippen molar-refractivity contribution in [1.29, 1.82) is 0 Å². The lowest BCUT2D eigenvalue weighted by atomic mass is 9.97. The number of aryl methyl sites for hydroxylation is 1. The van der Waals surface area contributed by atoms with Gasteiger partial charge in [0.2, 0.25) is 0 Å². The van der Waals surface area contributed by atoms with Gasteiger partial charge in [0.05, 0.1) is 17.7 Å². The smallest absolute Gasteiger partial charge is 0.308 e. The summed E-state index contributed by atoms with van der Waals surface area (Å²) in [6, 6.07) is 0. The molecule has 6 nitrogen and oxygen atoms in total. The van der Waals surface area contributed by atoms with Gasteiger partial charge in [0.25, 0.3) is 5.91 Å². The molecular weight excluding hydrogens is 234 g/mol. The first-order valence-electron chi connectivity index (χ1n) is 5.89. The predicted octanol–water partition coefficient (Wildman–Crippen LogP) is 0.897. The van der Waals surface area contributed by atoms with Gasteiger partial charge >= 0.3 is 5.97 Å². The molecule has 0 aliphatic carbocycles. The predicted molar refractivity (Wildman–Crippen MR) is 66.1 cm³/mol. The number of aromatic nitrogens is 2. The van der Waals surface area contributed by atoms with Crippen LogP contribution in [0.5, 0.6) is 0 Å². The fraction of sp³-hybridized carbons (Fsp3) is 0.583. The van der Waals surface area contributed by atoms with E-state index in [1.54, 1.807) is 13.2 Å². The molecule has 1 unspecified atom stereocenters. The third kappa shape index (κ3) is 4.20. The Labute approximate surface area is 106 Å². The van der Waals surface area contributed by atoms with Crippen molar-refractivity contribution in [3.8, 4) is 0 Å². The molecule has 6 heteroatoms.